The summed E-state index contributed by atoms with van der Waals surface area (Å²) in [6.07, 6.45) is 0.123. The van der Waals surface area contributed by atoms with Crippen molar-refractivity contribution in [2.24, 2.45) is 0 Å². The molecular formula is C24H31N5O5S. The summed E-state index contributed by atoms with van der Waals surface area (Å²) in [5.74, 6) is -0.689. The zero-order valence-electron chi connectivity index (χ0n) is 20.3. The molecule has 1 saturated heterocycles. The van der Waals surface area contributed by atoms with Crippen molar-refractivity contribution < 1.29 is 23.9 Å². The van der Waals surface area contributed by atoms with Crippen LogP contribution in [-0.4, -0.2) is 96.3 Å². The average molecular weight is 502 g/mol. The molecule has 0 aliphatic carbocycles. The lowest BCUT2D eigenvalue weighted by atomic mass is 10.1. The van der Waals surface area contributed by atoms with Gasteiger partial charge in [0.1, 0.15) is 6.54 Å². The number of carbonyl (C=O) groups excluding carboxylic acids is 4. The number of benzene rings is 1. The number of nitrogens with zero attached hydrogens (tertiary/aromatic N) is 4. The van der Waals surface area contributed by atoms with Gasteiger partial charge in [0.25, 0.3) is 5.91 Å². The Morgan fingerprint density at radius 1 is 1.09 bits per heavy atom. The number of thiazole rings is 1. The Kier molecular flexibility index (Phi) is 9.32. The zero-order valence-corrected chi connectivity index (χ0v) is 21.1. The number of carbonyl (C=O) groups is 4. The third-order valence-corrected chi connectivity index (χ3v) is 6.50. The third-order valence-electron chi connectivity index (χ3n) is 5.69. The number of aryl methyl sites for hydroxylation is 1. The summed E-state index contributed by atoms with van der Waals surface area (Å²) in [5, 5.41) is 4.83. The van der Waals surface area contributed by atoms with Gasteiger partial charge in [-0.3, -0.25) is 19.2 Å². The Bertz CT molecular complexity index is 1050. The molecule has 0 unspecified atom stereocenters. The van der Waals surface area contributed by atoms with E-state index in [1.165, 1.54) is 30.3 Å². The van der Waals surface area contributed by atoms with Crippen LogP contribution >= 0.6 is 11.3 Å². The summed E-state index contributed by atoms with van der Waals surface area (Å²) in [5.41, 5.74) is 2.11. The van der Waals surface area contributed by atoms with Crippen molar-refractivity contribution in [1.82, 2.24) is 19.7 Å². The lowest BCUT2D eigenvalue weighted by Gasteiger charge is -2.34. The van der Waals surface area contributed by atoms with Gasteiger partial charge >= 0.3 is 0 Å². The fraction of sp³-hybridized carbons (Fsp3) is 0.458. The lowest BCUT2D eigenvalue weighted by molar-refractivity contribution is -0.138. The fourth-order valence-corrected chi connectivity index (χ4v) is 4.37. The van der Waals surface area contributed by atoms with E-state index in [1.807, 2.05) is 19.1 Å². The summed E-state index contributed by atoms with van der Waals surface area (Å²) in [4.78, 5) is 58.8. The smallest absolute Gasteiger partial charge is 0.254 e. The molecule has 2 aromatic rings. The highest BCUT2D eigenvalue weighted by Crippen LogP contribution is 2.17. The van der Waals surface area contributed by atoms with Crippen LogP contribution in [0.2, 0.25) is 0 Å². The van der Waals surface area contributed by atoms with Gasteiger partial charge in [-0.25, -0.2) is 4.98 Å². The molecule has 1 aromatic heterocycles. The molecule has 3 rings (SSSR count). The Morgan fingerprint density at radius 2 is 1.74 bits per heavy atom. The molecule has 10 nitrogen and oxygen atoms in total. The molecule has 2 heterocycles. The maximum absolute atomic E-state index is 12.9. The van der Waals surface area contributed by atoms with E-state index in [2.05, 4.69) is 10.3 Å². The Labute approximate surface area is 208 Å². The summed E-state index contributed by atoms with van der Waals surface area (Å²) in [6, 6.07) is 7.17. The van der Waals surface area contributed by atoms with Crippen LogP contribution in [0, 0.1) is 6.92 Å². The fourth-order valence-electron chi connectivity index (χ4n) is 3.65. The summed E-state index contributed by atoms with van der Waals surface area (Å²) in [6.45, 7) is 5.94. The van der Waals surface area contributed by atoms with Gasteiger partial charge in [-0.15, -0.1) is 11.3 Å². The van der Waals surface area contributed by atoms with Crippen LogP contribution in [0.4, 0.5) is 5.13 Å². The van der Waals surface area contributed by atoms with Crippen LogP contribution in [0.3, 0.4) is 0 Å². The molecular weight excluding hydrogens is 470 g/mol. The van der Waals surface area contributed by atoms with Crippen molar-refractivity contribution in [3.05, 3.63) is 46.5 Å². The standard InChI is InChI=1S/C24H31N5O5S/c1-17-4-6-19(7-5-17)23(33)29(12-13-34-3)15-21(31)26-24-25-20(16-35-24)14-22(32)28-10-8-27(9-11-28)18(2)30/h4-7,16H,8-15H2,1-3H3,(H,25,26,31). The van der Waals surface area contributed by atoms with Crippen molar-refractivity contribution in [1.29, 1.82) is 0 Å². The van der Waals surface area contributed by atoms with Crippen LogP contribution in [-0.2, 0) is 25.5 Å². The number of rotatable bonds is 9. The zero-order chi connectivity index (χ0) is 25.4. The molecule has 11 heteroatoms. The number of anilines is 1. The van der Waals surface area contributed by atoms with Crippen molar-refractivity contribution in [3.8, 4) is 0 Å². The average Bonchev–Trinajstić information content (AvgIpc) is 3.28. The molecule has 0 bridgehead atoms. The lowest BCUT2D eigenvalue weighted by Crippen LogP contribution is -2.50. The van der Waals surface area contributed by atoms with Gasteiger partial charge in [-0.2, -0.15) is 0 Å². The van der Waals surface area contributed by atoms with E-state index in [0.29, 0.717) is 49.2 Å². The van der Waals surface area contributed by atoms with Gasteiger partial charge in [-0.1, -0.05) is 17.7 Å². The minimum atomic E-state index is -0.380. The van der Waals surface area contributed by atoms with Gasteiger partial charge in [-0.05, 0) is 19.1 Å². The molecule has 1 fully saturated rings. The van der Waals surface area contributed by atoms with E-state index >= 15 is 0 Å². The Hall–Kier alpha value is -3.31. The van der Waals surface area contributed by atoms with Crippen LogP contribution in [0.5, 0.6) is 0 Å². The normalized spacial score (nSPS) is 13.5. The van der Waals surface area contributed by atoms with Crippen LogP contribution in [0.1, 0.15) is 28.5 Å². The highest BCUT2D eigenvalue weighted by molar-refractivity contribution is 7.13. The maximum Gasteiger partial charge on any atom is 0.254 e. The summed E-state index contributed by atoms with van der Waals surface area (Å²) >= 11 is 1.23. The molecule has 0 saturated carbocycles. The number of ether oxygens (including phenoxy) is 1. The molecule has 0 atom stereocenters. The SMILES string of the molecule is COCCN(CC(=O)Nc1nc(CC(=O)N2CCN(C(C)=O)CC2)cs1)C(=O)c1ccc(C)cc1. The predicted octanol–water partition coefficient (Wildman–Crippen LogP) is 1.41. The Morgan fingerprint density at radius 3 is 2.37 bits per heavy atom. The van der Waals surface area contributed by atoms with E-state index in [-0.39, 0.29) is 43.1 Å². The summed E-state index contributed by atoms with van der Waals surface area (Å²) < 4.78 is 5.09. The molecule has 1 aliphatic rings. The van der Waals surface area contributed by atoms with Crippen LogP contribution in [0.25, 0.3) is 0 Å². The molecule has 1 aromatic carbocycles. The first-order valence-electron chi connectivity index (χ1n) is 11.4. The molecule has 1 aliphatic heterocycles. The van der Waals surface area contributed by atoms with E-state index in [0.717, 1.165) is 5.56 Å². The monoisotopic (exact) mass is 501 g/mol. The van der Waals surface area contributed by atoms with Gasteiger partial charge in [0.2, 0.25) is 17.7 Å². The molecule has 0 spiro atoms. The largest absolute Gasteiger partial charge is 0.383 e. The van der Waals surface area contributed by atoms with Crippen molar-refractivity contribution in [3.63, 3.8) is 0 Å². The number of aromatic nitrogens is 1. The van der Waals surface area contributed by atoms with Gasteiger partial charge in [0, 0.05) is 57.7 Å². The molecule has 35 heavy (non-hydrogen) atoms. The van der Waals surface area contributed by atoms with Crippen molar-refractivity contribution >= 4 is 40.1 Å². The first-order valence-corrected chi connectivity index (χ1v) is 12.3. The number of piperazine rings is 1. The number of hydrogen-bond acceptors (Lipinski definition) is 7. The second-order valence-electron chi connectivity index (χ2n) is 8.34. The molecule has 1 N–H and O–H groups in total. The quantitative estimate of drug-likeness (QED) is 0.556. The van der Waals surface area contributed by atoms with Crippen LogP contribution < -0.4 is 5.32 Å². The minimum Gasteiger partial charge on any atom is -0.383 e. The predicted molar refractivity (Wildman–Crippen MR) is 132 cm³/mol. The highest BCUT2D eigenvalue weighted by atomic mass is 32.1. The highest BCUT2D eigenvalue weighted by Gasteiger charge is 2.23. The second-order valence-corrected chi connectivity index (χ2v) is 9.20. The molecule has 0 radical (unpaired) electrons. The minimum absolute atomic E-state index is 0.0123. The van der Waals surface area contributed by atoms with Crippen molar-refractivity contribution in [2.75, 3.05) is 58.3 Å². The van der Waals surface area contributed by atoms with E-state index < -0.39 is 0 Å². The van der Waals surface area contributed by atoms with Crippen molar-refractivity contribution in [2.45, 2.75) is 20.3 Å². The van der Waals surface area contributed by atoms with E-state index in [4.69, 9.17) is 4.74 Å². The third kappa shape index (κ3) is 7.59. The number of nitrogens with one attached hydrogen (secondary N) is 1. The second kappa shape index (κ2) is 12.4. The van der Waals surface area contributed by atoms with E-state index in [9.17, 15) is 19.2 Å². The maximum atomic E-state index is 12.9. The molecule has 188 valence electrons. The first kappa shape index (κ1) is 26.3. The first-order chi connectivity index (χ1) is 16.8. The topological polar surface area (TPSA) is 112 Å². The van der Waals surface area contributed by atoms with Gasteiger partial charge < -0.3 is 24.8 Å². The molecule has 4 amide bonds. The van der Waals surface area contributed by atoms with E-state index in [1.54, 1.807) is 27.3 Å². The Balaban J connectivity index is 1.54. The summed E-state index contributed by atoms with van der Waals surface area (Å²) in [7, 11) is 1.54. The van der Waals surface area contributed by atoms with Gasteiger partial charge in [0.05, 0.1) is 18.7 Å². The number of hydrogen-bond donors (Lipinski definition) is 1. The number of amides is 4. The van der Waals surface area contributed by atoms with Crippen LogP contribution in [0.15, 0.2) is 29.6 Å². The number of methoxy groups -OCH3 is 1. The van der Waals surface area contributed by atoms with Gasteiger partial charge in [0.15, 0.2) is 5.13 Å².